The van der Waals surface area contributed by atoms with Crippen molar-refractivity contribution in [1.29, 1.82) is 0 Å². The molecular weight excluding hydrogens is 403 g/mol. The Bertz CT molecular complexity index is 936. The minimum absolute atomic E-state index is 0.0547. The summed E-state index contributed by atoms with van der Waals surface area (Å²) in [6.45, 7) is 4.40. The average molecular weight is 430 g/mol. The number of benzene rings is 2. The highest BCUT2D eigenvalue weighted by Crippen LogP contribution is 2.36. The van der Waals surface area contributed by atoms with Crippen molar-refractivity contribution >= 4 is 12.0 Å². The highest BCUT2D eigenvalue weighted by atomic mass is 19.1. The van der Waals surface area contributed by atoms with Gasteiger partial charge in [0.1, 0.15) is 24.6 Å². The summed E-state index contributed by atoms with van der Waals surface area (Å²) in [5, 5.41) is 12.1. The summed E-state index contributed by atoms with van der Waals surface area (Å²) in [6, 6.07) is 12.1. The van der Waals surface area contributed by atoms with Gasteiger partial charge in [0.25, 0.3) is 0 Å². The van der Waals surface area contributed by atoms with Gasteiger partial charge in [-0.15, -0.1) is 0 Å². The summed E-state index contributed by atoms with van der Waals surface area (Å²) in [4.78, 5) is 24.8. The number of carboxylic acid groups (broad SMARTS) is 1. The third-order valence-corrected chi connectivity index (χ3v) is 5.13. The molecule has 1 fully saturated rings. The molecule has 2 aromatic rings. The molecule has 1 heterocycles. The maximum Gasteiger partial charge on any atom is 0.407 e. The Labute approximate surface area is 180 Å². The molecule has 0 aromatic heterocycles. The number of ether oxygens (including phenoxy) is 2. The number of likely N-dealkylation sites (N-methyl/N-ethyl adjacent to an activating group) is 1. The van der Waals surface area contributed by atoms with E-state index in [-0.39, 0.29) is 32.2 Å². The average Bonchev–Trinajstić information content (AvgIpc) is 2.74. The molecule has 0 bridgehead atoms. The number of nitrogens with one attached hydrogen (secondary N) is 1. The van der Waals surface area contributed by atoms with Crippen molar-refractivity contribution in [1.82, 2.24) is 10.2 Å². The van der Waals surface area contributed by atoms with Gasteiger partial charge in [0, 0.05) is 18.7 Å². The Morgan fingerprint density at radius 3 is 2.81 bits per heavy atom. The highest BCUT2D eigenvalue weighted by Gasteiger charge is 2.34. The minimum Gasteiger partial charge on any atom is -0.465 e. The first-order valence-corrected chi connectivity index (χ1v) is 10.2. The van der Waals surface area contributed by atoms with Crippen LogP contribution < -0.4 is 5.32 Å². The smallest absolute Gasteiger partial charge is 0.407 e. The summed E-state index contributed by atoms with van der Waals surface area (Å²) < 4.78 is 26.8. The Balaban J connectivity index is 2.01. The van der Waals surface area contributed by atoms with Crippen LogP contribution in [0.25, 0.3) is 11.1 Å². The van der Waals surface area contributed by atoms with Crippen molar-refractivity contribution < 1.29 is 28.6 Å². The molecule has 166 valence electrons. The molecule has 3 rings (SSSR count). The number of halogens is 1. The summed E-state index contributed by atoms with van der Waals surface area (Å²) in [5.41, 5.74) is 2.50. The number of nitrogens with zero attached hydrogens (tertiary/aromatic N) is 1. The fraction of sp³-hybridized carbons (Fsp3) is 0.391. The summed E-state index contributed by atoms with van der Waals surface area (Å²) in [5.74, 6) is -0.743. The van der Waals surface area contributed by atoms with Crippen LogP contribution in [-0.2, 0) is 14.3 Å². The molecule has 1 aliphatic heterocycles. The van der Waals surface area contributed by atoms with E-state index in [0.29, 0.717) is 23.2 Å². The van der Waals surface area contributed by atoms with E-state index < -0.39 is 24.1 Å². The summed E-state index contributed by atoms with van der Waals surface area (Å²) in [7, 11) is 0. The summed E-state index contributed by atoms with van der Waals surface area (Å²) >= 11 is 0. The van der Waals surface area contributed by atoms with Gasteiger partial charge in [0.2, 0.25) is 5.91 Å². The van der Waals surface area contributed by atoms with Crippen LogP contribution in [0, 0.1) is 12.7 Å². The first kappa shape index (κ1) is 22.7. The maximum atomic E-state index is 15.0. The zero-order valence-corrected chi connectivity index (χ0v) is 17.6. The SMILES string of the molecule is CCNC(=O)COC(c1cccc(F)c1-c1cccc(C)c1)C1CN(C(=O)O)CCO1. The zero-order chi connectivity index (χ0) is 22.4. The molecular formula is C23H27FN2O5. The Kier molecular flexibility index (Phi) is 7.59. The molecule has 0 spiro atoms. The van der Waals surface area contributed by atoms with Gasteiger partial charge in [-0.2, -0.15) is 0 Å². The van der Waals surface area contributed by atoms with Crippen LogP contribution in [0.4, 0.5) is 9.18 Å². The van der Waals surface area contributed by atoms with Gasteiger partial charge in [-0.05, 0) is 31.0 Å². The first-order valence-electron chi connectivity index (χ1n) is 10.2. The predicted molar refractivity (Wildman–Crippen MR) is 113 cm³/mol. The Hall–Kier alpha value is -2.97. The van der Waals surface area contributed by atoms with Crippen LogP contribution >= 0.6 is 0 Å². The van der Waals surface area contributed by atoms with E-state index in [1.807, 2.05) is 25.1 Å². The third kappa shape index (κ3) is 5.59. The second-order valence-corrected chi connectivity index (χ2v) is 7.40. The topological polar surface area (TPSA) is 88.1 Å². The lowest BCUT2D eigenvalue weighted by Gasteiger charge is -2.36. The van der Waals surface area contributed by atoms with Crippen molar-refractivity contribution in [3.05, 3.63) is 59.4 Å². The van der Waals surface area contributed by atoms with E-state index in [0.717, 1.165) is 5.56 Å². The van der Waals surface area contributed by atoms with Crippen LogP contribution in [0.2, 0.25) is 0 Å². The Morgan fingerprint density at radius 1 is 1.32 bits per heavy atom. The van der Waals surface area contributed by atoms with Crippen molar-refractivity contribution in [2.75, 3.05) is 32.8 Å². The van der Waals surface area contributed by atoms with Crippen molar-refractivity contribution in [2.45, 2.75) is 26.1 Å². The van der Waals surface area contributed by atoms with Crippen molar-refractivity contribution in [3.63, 3.8) is 0 Å². The number of aryl methyl sites for hydroxylation is 1. The molecule has 8 heteroatoms. The standard InChI is InChI=1S/C23H27FN2O5/c1-3-25-20(27)14-31-22(19-13-26(23(28)29)10-11-30-19)17-8-5-9-18(24)21(17)16-7-4-6-15(2)12-16/h4-9,12,19,22H,3,10-11,13-14H2,1-2H3,(H,25,27)(H,28,29). The van der Waals surface area contributed by atoms with Crippen molar-refractivity contribution in [3.8, 4) is 11.1 Å². The number of carbonyl (C=O) groups excluding carboxylic acids is 1. The Morgan fingerprint density at radius 2 is 2.10 bits per heavy atom. The van der Waals surface area contributed by atoms with Gasteiger partial charge in [0.05, 0.1) is 13.2 Å². The monoisotopic (exact) mass is 430 g/mol. The molecule has 1 aliphatic rings. The number of hydrogen-bond donors (Lipinski definition) is 2. The largest absolute Gasteiger partial charge is 0.465 e. The third-order valence-electron chi connectivity index (χ3n) is 5.13. The van der Waals surface area contributed by atoms with Crippen LogP contribution in [0.5, 0.6) is 0 Å². The van der Waals surface area contributed by atoms with Crippen LogP contribution in [0.15, 0.2) is 42.5 Å². The fourth-order valence-corrected chi connectivity index (χ4v) is 3.73. The van der Waals surface area contributed by atoms with E-state index in [1.54, 1.807) is 25.1 Å². The van der Waals surface area contributed by atoms with Crippen LogP contribution in [0.1, 0.15) is 24.2 Å². The highest BCUT2D eigenvalue weighted by molar-refractivity contribution is 5.77. The van der Waals surface area contributed by atoms with E-state index in [4.69, 9.17) is 9.47 Å². The first-order chi connectivity index (χ1) is 14.9. The predicted octanol–water partition coefficient (Wildman–Crippen LogP) is 3.37. The molecule has 1 saturated heterocycles. The number of rotatable bonds is 7. The molecule has 2 unspecified atom stereocenters. The van der Waals surface area contributed by atoms with Gasteiger partial charge >= 0.3 is 6.09 Å². The summed E-state index contributed by atoms with van der Waals surface area (Å²) in [6.07, 6.45) is -2.59. The van der Waals surface area contributed by atoms with Gasteiger partial charge < -0.3 is 24.8 Å². The molecule has 2 N–H and O–H groups in total. The van der Waals surface area contributed by atoms with E-state index >= 15 is 4.39 Å². The molecule has 2 amide bonds. The molecule has 2 aromatic carbocycles. The van der Waals surface area contributed by atoms with Gasteiger partial charge in [-0.1, -0.05) is 42.0 Å². The lowest BCUT2D eigenvalue weighted by molar-refractivity contribution is -0.138. The lowest BCUT2D eigenvalue weighted by atomic mass is 9.92. The number of amides is 2. The van der Waals surface area contributed by atoms with Crippen molar-refractivity contribution in [2.24, 2.45) is 0 Å². The fourth-order valence-electron chi connectivity index (χ4n) is 3.73. The molecule has 2 atom stereocenters. The normalized spacial score (nSPS) is 17.3. The quantitative estimate of drug-likeness (QED) is 0.703. The number of morpholine rings is 1. The van der Waals surface area contributed by atoms with E-state index in [1.165, 1.54) is 11.0 Å². The molecule has 0 saturated carbocycles. The van der Waals surface area contributed by atoms with E-state index in [9.17, 15) is 14.7 Å². The van der Waals surface area contributed by atoms with Crippen LogP contribution in [0.3, 0.4) is 0 Å². The maximum absolute atomic E-state index is 15.0. The molecule has 31 heavy (non-hydrogen) atoms. The van der Waals surface area contributed by atoms with Gasteiger partial charge in [-0.25, -0.2) is 9.18 Å². The minimum atomic E-state index is -1.06. The second kappa shape index (κ2) is 10.4. The number of carbonyl (C=O) groups is 2. The zero-order valence-electron chi connectivity index (χ0n) is 17.6. The van der Waals surface area contributed by atoms with Gasteiger partial charge in [0.15, 0.2) is 0 Å². The van der Waals surface area contributed by atoms with Crippen LogP contribution in [-0.4, -0.2) is 61.0 Å². The lowest BCUT2D eigenvalue weighted by Crippen LogP contribution is -2.48. The molecule has 0 aliphatic carbocycles. The van der Waals surface area contributed by atoms with E-state index in [2.05, 4.69) is 5.32 Å². The second-order valence-electron chi connectivity index (χ2n) is 7.40. The molecule has 0 radical (unpaired) electrons. The molecule has 7 nitrogen and oxygen atoms in total. The van der Waals surface area contributed by atoms with Gasteiger partial charge in [-0.3, -0.25) is 4.79 Å². The number of hydrogen-bond acceptors (Lipinski definition) is 4.